The summed E-state index contributed by atoms with van der Waals surface area (Å²) in [6.45, 7) is 6.15. The number of ether oxygens (including phenoxy) is 1. The van der Waals surface area contributed by atoms with Gasteiger partial charge in [-0.2, -0.15) is 0 Å². The zero-order valence-electron chi connectivity index (χ0n) is 25.2. The summed E-state index contributed by atoms with van der Waals surface area (Å²) in [5.41, 5.74) is 3.19. The highest BCUT2D eigenvalue weighted by molar-refractivity contribution is 7.92. The number of carbonyl (C=O) groups excluding carboxylic acids is 2. The molecule has 42 heavy (non-hydrogen) atoms. The Hall–Kier alpha value is -3.85. The fourth-order valence-corrected chi connectivity index (χ4v) is 5.81. The molecule has 0 spiro atoms. The Bertz CT molecular complexity index is 1430. The molecule has 0 aromatic heterocycles. The average Bonchev–Trinajstić information content (AvgIpc) is 2.97. The molecule has 9 heteroatoms. The second-order valence-corrected chi connectivity index (χ2v) is 12.5. The molecule has 3 aromatic carbocycles. The maximum atomic E-state index is 14.0. The quantitative estimate of drug-likeness (QED) is 0.264. The van der Waals surface area contributed by atoms with E-state index < -0.39 is 16.1 Å². The molecule has 0 aliphatic rings. The molecule has 0 heterocycles. The molecule has 3 rings (SSSR count). The lowest BCUT2D eigenvalue weighted by atomic mass is 10.0. The second-order valence-electron chi connectivity index (χ2n) is 10.6. The molecular weight excluding hydrogens is 550 g/mol. The van der Waals surface area contributed by atoms with E-state index in [9.17, 15) is 18.0 Å². The van der Waals surface area contributed by atoms with Crippen molar-refractivity contribution >= 4 is 27.5 Å². The van der Waals surface area contributed by atoms with Gasteiger partial charge in [-0.25, -0.2) is 8.42 Å². The molecule has 0 aliphatic heterocycles. The van der Waals surface area contributed by atoms with Gasteiger partial charge in [0, 0.05) is 32.0 Å². The van der Waals surface area contributed by atoms with E-state index in [1.165, 1.54) is 10.6 Å². The maximum Gasteiger partial charge on any atom is 0.243 e. The number of aryl methyl sites for hydroxylation is 1. The SMILES string of the molecule is CCC(C)NC(=O)C(Cc1ccccc1)N(Cc1cccc(OC)c1)C(=O)CCCN(c1ccccc1C)S(C)(=O)=O. The molecule has 0 radical (unpaired) electrons. The summed E-state index contributed by atoms with van der Waals surface area (Å²) in [6.07, 6.45) is 2.64. The van der Waals surface area contributed by atoms with E-state index in [0.29, 0.717) is 24.3 Å². The van der Waals surface area contributed by atoms with Crippen molar-refractivity contribution < 1.29 is 22.7 Å². The maximum absolute atomic E-state index is 14.0. The molecule has 2 atom stereocenters. The van der Waals surface area contributed by atoms with Crippen molar-refractivity contribution in [1.29, 1.82) is 0 Å². The van der Waals surface area contributed by atoms with Crippen molar-refractivity contribution in [2.24, 2.45) is 0 Å². The number of nitrogens with one attached hydrogen (secondary N) is 1. The number of anilines is 1. The van der Waals surface area contributed by atoms with Crippen molar-refractivity contribution in [2.45, 2.75) is 65.1 Å². The minimum Gasteiger partial charge on any atom is -0.497 e. The van der Waals surface area contributed by atoms with Crippen molar-refractivity contribution in [1.82, 2.24) is 10.2 Å². The van der Waals surface area contributed by atoms with Gasteiger partial charge in [-0.05, 0) is 61.6 Å². The summed E-state index contributed by atoms with van der Waals surface area (Å²) in [7, 11) is -1.99. The Morgan fingerprint density at radius 2 is 1.62 bits per heavy atom. The highest BCUT2D eigenvalue weighted by atomic mass is 32.2. The van der Waals surface area contributed by atoms with Gasteiger partial charge in [0.1, 0.15) is 11.8 Å². The highest BCUT2D eigenvalue weighted by Gasteiger charge is 2.31. The summed E-state index contributed by atoms with van der Waals surface area (Å²) >= 11 is 0. The predicted octanol–water partition coefficient (Wildman–Crippen LogP) is 5.10. The Morgan fingerprint density at radius 1 is 0.952 bits per heavy atom. The molecule has 0 saturated heterocycles. The van der Waals surface area contributed by atoms with E-state index in [1.54, 1.807) is 24.1 Å². The van der Waals surface area contributed by atoms with E-state index in [1.807, 2.05) is 87.5 Å². The van der Waals surface area contributed by atoms with Crippen LogP contribution in [0.15, 0.2) is 78.9 Å². The molecule has 0 bridgehead atoms. The largest absolute Gasteiger partial charge is 0.497 e. The fourth-order valence-electron chi connectivity index (χ4n) is 4.79. The number of methoxy groups -OCH3 is 1. The first-order chi connectivity index (χ1) is 20.0. The third kappa shape index (κ3) is 9.34. The first kappa shape index (κ1) is 32.7. The number of sulfonamides is 1. The number of hydrogen-bond acceptors (Lipinski definition) is 5. The molecular formula is C33H43N3O5S. The number of nitrogens with zero attached hydrogens (tertiary/aromatic N) is 2. The van der Waals surface area contributed by atoms with E-state index in [4.69, 9.17) is 4.74 Å². The molecule has 0 aliphatic carbocycles. The monoisotopic (exact) mass is 593 g/mol. The number of carbonyl (C=O) groups is 2. The van der Waals surface area contributed by atoms with E-state index in [-0.39, 0.29) is 37.4 Å². The van der Waals surface area contributed by atoms with E-state index in [2.05, 4.69) is 5.32 Å². The molecule has 2 amide bonds. The molecule has 0 saturated carbocycles. The molecule has 2 unspecified atom stereocenters. The Morgan fingerprint density at radius 3 is 2.26 bits per heavy atom. The smallest absolute Gasteiger partial charge is 0.243 e. The van der Waals surface area contributed by atoms with Gasteiger partial charge in [-0.3, -0.25) is 13.9 Å². The van der Waals surface area contributed by atoms with Gasteiger partial charge in [0.15, 0.2) is 0 Å². The van der Waals surface area contributed by atoms with E-state index >= 15 is 0 Å². The van der Waals surface area contributed by atoms with E-state index in [0.717, 1.165) is 23.1 Å². The van der Waals surface area contributed by atoms with Crippen LogP contribution in [0.1, 0.15) is 49.8 Å². The van der Waals surface area contributed by atoms with Gasteiger partial charge < -0.3 is 15.0 Å². The number of hydrogen-bond donors (Lipinski definition) is 1. The van der Waals surface area contributed by atoms with Crippen molar-refractivity contribution in [3.8, 4) is 5.75 Å². The summed E-state index contributed by atoms with van der Waals surface area (Å²) in [4.78, 5) is 29.3. The molecule has 8 nitrogen and oxygen atoms in total. The molecule has 0 fully saturated rings. The van der Waals surface area contributed by atoms with Gasteiger partial charge in [0.05, 0.1) is 19.1 Å². The summed E-state index contributed by atoms with van der Waals surface area (Å²) < 4.78 is 32.1. The van der Waals surface area contributed by atoms with Crippen LogP contribution in [-0.4, -0.2) is 57.1 Å². The van der Waals surface area contributed by atoms with Crippen molar-refractivity contribution in [3.63, 3.8) is 0 Å². The zero-order chi connectivity index (χ0) is 30.7. The van der Waals surface area contributed by atoms with Gasteiger partial charge in [0.25, 0.3) is 0 Å². The van der Waals surface area contributed by atoms with Crippen LogP contribution >= 0.6 is 0 Å². The lowest BCUT2D eigenvalue weighted by molar-refractivity contribution is -0.141. The lowest BCUT2D eigenvalue weighted by Crippen LogP contribution is -2.52. The summed E-state index contributed by atoms with van der Waals surface area (Å²) in [6, 6.07) is 23.6. The van der Waals surface area contributed by atoms with Crippen LogP contribution in [0.2, 0.25) is 0 Å². The van der Waals surface area contributed by atoms with Gasteiger partial charge in [-0.1, -0.05) is 67.6 Å². The lowest BCUT2D eigenvalue weighted by Gasteiger charge is -2.33. The predicted molar refractivity (Wildman–Crippen MR) is 168 cm³/mol. The first-order valence-electron chi connectivity index (χ1n) is 14.3. The van der Waals surface area contributed by atoms with Gasteiger partial charge >= 0.3 is 0 Å². The van der Waals surface area contributed by atoms with Gasteiger partial charge in [0.2, 0.25) is 21.8 Å². The van der Waals surface area contributed by atoms with Crippen LogP contribution in [0, 0.1) is 6.92 Å². The molecule has 226 valence electrons. The molecule has 1 N–H and O–H groups in total. The minimum absolute atomic E-state index is 0.0537. The second kappa shape index (κ2) is 15.4. The van der Waals surface area contributed by atoms with Crippen LogP contribution in [-0.2, 0) is 32.6 Å². The van der Waals surface area contributed by atoms with Crippen molar-refractivity contribution in [2.75, 3.05) is 24.2 Å². The zero-order valence-corrected chi connectivity index (χ0v) is 26.1. The summed E-state index contributed by atoms with van der Waals surface area (Å²) in [5, 5.41) is 3.07. The normalized spacial score (nSPS) is 12.7. The number of para-hydroxylation sites is 1. The average molecular weight is 594 g/mol. The highest BCUT2D eigenvalue weighted by Crippen LogP contribution is 2.24. The van der Waals surface area contributed by atoms with Crippen molar-refractivity contribution in [3.05, 3.63) is 95.6 Å². The molecule has 3 aromatic rings. The summed E-state index contributed by atoms with van der Waals surface area (Å²) in [5.74, 6) is 0.212. The van der Waals surface area contributed by atoms with Crippen LogP contribution in [0.5, 0.6) is 5.75 Å². The Labute approximate surface area is 250 Å². The van der Waals surface area contributed by atoms with Crippen LogP contribution in [0.25, 0.3) is 0 Å². The first-order valence-corrected chi connectivity index (χ1v) is 16.2. The van der Waals surface area contributed by atoms with Crippen LogP contribution in [0.4, 0.5) is 5.69 Å². The standard InChI is InChI=1S/C33H43N3O5S/c1-6-26(3)34-33(38)31(23-27-15-8-7-9-16-27)35(24-28-17-12-18-29(22-28)41-4)32(37)20-13-21-36(42(5,39)40)30-19-11-10-14-25(30)2/h7-12,14-19,22,26,31H,6,13,20-21,23-24H2,1-5H3,(H,34,38). The van der Waals surface area contributed by atoms with Crippen LogP contribution in [0.3, 0.4) is 0 Å². The van der Waals surface area contributed by atoms with Gasteiger partial charge in [-0.15, -0.1) is 0 Å². The Kier molecular flexibility index (Phi) is 12.0. The fraction of sp³-hybridized carbons (Fsp3) is 0.394. The minimum atomic E-state index is -3.57. The third-order valence-electron chi connectivity index (χ3n) is 7.30. The Balaban J connectivity index is 1.92. The number of amides is 2. The third-order valence-corrected chi connectivity index (χ3v) is 8.48. The van der Waals surface area contributed by atoms with Crippen LogP contribution < -0.4 is 14.4 Å². The number of rotatable bonds is 15. The number of benzene rings is 3. The topological polar surface area (TPSA) is 96.0 Å².